The Morgan fingerprint density at radius 3 is 2.47 bits per heavy atom. The van der Waals surface area contributed by atoms with Crippen molar-refractivity contribution < 1.29 is 9.53 Å². The molecule has 2 aromatic carbocycles. The average molecular weight is 254 g/mol. The molecule has 0 fully saturated rings. The highest BCUT2D eigenvalue weighted by molar-refractivity contribution is 5.79. The second kappa shape index (κ2) is 5.70. The molecule has 0 unspecified atom stereocenters. The van der Waals surface area contributed by atoms with Gasteiger partial charge in [-0.2, -0.15) is 0 Å². The Bertz CT molecular complexity index is 586. The third-order valence-corrected chi connectivity index (χ3v) is 3.06. The SMILES string of the molecule is Cc1ccc(C(C)C)c(Oc2ccccc2C=O)c1. The number of aryl methyl sites for hydroxylation is 1. The normalized spacial score (nSPS) is 10.5. The summed E-state index contributed by atoms with van der Waals surface area (Å²) in [7, 11) is 0. The van der Waals surface area contributed by atoms with Crippen LogP contribution in [-0.4, -0.2) is 6.29 Å². The van der Waals surface area contributed by atoms with Crippen LogP contribution >= 0.6 is 0 Å². The Morgan fingerprint density at radius 2 is 1.79 bits per heavy atom. The van der Waals surface area contributed by atoms with Crippen molar-refractivity contribution in [1.29, 1.82) is 0 Å². The molecule has 0 aliphatic carbocycles. The van der Waals surface area contributed by atoms with Gasteiger partial charge in [0.05, 0.1) is 5.56 Å². The van der Waals surface area contributed by atoms with Gasteiger partial charge in [-0.3, -0.25) is 4.79 Å². The van der Waals surface area contributed by atoms with Gasteiger partial charge in [0.2, 0.25) is 0 Å². The number of carbonyl (C=O) groups excluding carboxylic acids is 1. The fraction of sp³-hybridized carbons (Fsp3) is 0.235. The number of aldehydes is 1. The van der Waals surface area contributed by atoms with Gasteiger partial charge in [-0.1, -0.05) is 38.1 Å². The van der Waals surface area contributed by atoms with E-state index in [1.165, 1.54) is 0 Å². The quantitative estimate of drug-likeness (QED) is 0.738. The van der Waals surface area contributed by atoms with Crippen LogP contribution in [0.25, 0.3) is 0 Å². The molecule has 0 amide bonds. The lowest BCUT2D eigenvalue weighted by Gasteiger charge is -2.15. The number of benzene rings is 2. The molecule has 19 heavy (non-hydrogen) atoms. The molecular formula is C17H18O2. The topological polar surface area (TPSA) is 26.3 Å². The molecule has 0 saturated carbocycles. The van der Waals surface area contributed by atoms with Gasteiger partial charge in [-0.15, -0.1) is 0 Å². The molecule has 2 nitrogen and oxygen atoms in total. The summed E-state index contributed by atoms with van der Waals surface area (Å²) in [6.45, 7) is 6.29. The summed E-state index contributed by atoms with van der Waals surface area (Å²) in [6, 6.07) is 13.4. The van der Waals surface area contributed by atoms with Crippen molar-refractivity contribution in [3.05, 3.63) is 59.2 Å². The van der Waals surface area contributed by atoms with Crippen molar-refractivity contribution >= 4 is 6.29 Å². The van der Waals surface area contributed by atoms with E-state index in [1.807, 2.05) is 31.2 Å². The lowest BCUT2D eigenvalue weighted by Crippen LogP contribution is -1.96. The Labute approximate surface area is 114 Å². The van der Waals surface area contributed by atoms with Crippen LogP contribution in [-0.2, 0) is 0 Å². The van der Waals surface area contributed by atoms with Crippen LogP contribution in [0.3, 0.4) is 0 Å². The van der Waals surface area contributed by atoms with Crippen LogP contribution in [0, 0.1) is 6.92 Å². The Balaban J connectivity index is 2.42. The predicted octanol–water partition coefficient (Wildman–Crippen LogP) is 4.72. The summed E-state index contributed by atoms with van der Waals surface area (Å²) in [5.74, 6) is 1.80. The zero-order valence-corrected chi connectivity index (χ0v) is 11.5. The van der Waals surface area contributed by atoms with Crippen LogP contribution in [0.5, 0.6) is 11.5 Å². The van der Waals surface area contributed by atoms with E-state index < -0.39 is 0 Å². The van der Waals surface area contributed by atoms with Crippen LogP contribution < -0.4 is 4.74 Å². The molecule has 98 valence electrons. The van der Waals surface area contributed by atoms with E-state index in [1.54, 1.807) is 6.07 Å². The van der Waals surface area contributed by atoms with Crippen LogP contribution in [0.2, 0.25) is 0 Å². The number of hydrogen-bond donors (Lipinski definition) is 0. The highest BCUT2D eigenvalue weighted by atomic mass is 16.5. The largest absolute Gasteiger partial charge is 0.456 e. The second-order valence-corrected chi connectivity index (χ2v) is 4.95. The number of hydrogen-bond acceptors (Lipinski definition) is 2. The third kappa shape index (κ3) is 3.02. The Morgan fingerprint density at radius 1 is 1.05 bits per heavy atom. The fourth-order valence-corrected chi connectivity index (χ4v) is 2.00. The van der Waals surface area contributed by atoms with Crippen molar-refractivity contribution in [3.63, 3.8) is 0 Å². The first-order valence-electron chi connectivity index (χ1n) is 6.44. The first-order chi connectivity index (χ1) is 9.11. The predicted molar refractivity (Wildman–Crippen MR) is 77.2 cm³/mol. The summed E-state index contributed by atoms with van der Waals surface area (Å²) in [5.41, 5.74) is 2.85. The summed E-state index contributed by atoms with van der Waals surface area (Å²) in [6.07, 6.45) is 0.820. The standard InChI is InChI=1S/C17H18O2/c1-12(2)15-9-8-13(3)10-17(15)19-16-7-5-4-6-14(16)11-18/h4-12H,1-3H3. The molecule has 0 aliphatic rings. The van der Waals surface area contributed by atoms with Gasteiger partial charge in [0.25, 0.3) is 0 Å². The maximum atomic E-state index is 11.0. The Kier molecular flexibility index (Phi) is 4.00. The molecule has 0 atom stereocenters. The summed E-state index contributed by atoms with van der Waals surface area (Å²) < 4.78 is 5.94. The van der Waals surface area contributed by atoms with Gasteiger partial charge in [0.15, 0.2) is 6.29 Å². The molecule has 0 radical (unpaired) electrons. The van der Waals surface area contributed by atoms with Crippen LogP contribution in [0.15, 0.2) is 42.5 Å². The third-order valence-electron chi connectivity index (χ3n) is 3.06. The molecule has 0 aliphatic heterocycles. The van der Waals surface area contributed by atoms with Crippen molar-refractivity contribution in [2.24, 2.45) is 0 Å². The fourth-order valence-electron chi connectivity index (χ4n) is 2.00. The second-order valence-electron chi connectivity index (χ2n) is 4.95. The number of rotatable bonds is 4. The van der Waals surface area contributed by atoms with Gasteiger partial charge in [0.1, 0.15) is 11.5 Å². The maximum Gasteiger partial charge on any atom is 0.153 e. The van der Waals surface area contributed by atoms with E-state index in [0.717, 1.165) is 23.2 Å². The number of ether oxygens (including phenoxy) is 1. The van der Waals surface area contributed by atoms with E-state index >= 15 is 0 Å². The molecule has 0 aromatic heterocycles. The molecule has 0 saturated heterocycles. The lowest BCUT2D eigenvalue weighted by molar-refractivity contribution is 0.112. The zero-order valence-electron chi connectivity index (χ0n) is 11.5. The van der Waals surface area contributed by atoms with E-state index in [2.05, 4.69) is 26.0 Å². The smallest absolute Gasteiger partial charge is 0.153 e. The lowest BCUT2D eigenvalue weighted by atomic mass is 10.0. The van der Waals surface area contributed by atoms with E-state index in [-0.39, 0.29) is 0 Å². The summed E-state index contributed by atoms with van der Waals surface area (Å²) in [5, 5.41) is 0. The number of carbonyl (C=O) groups is 1. The first-order valence-corrected chi connectivity index (χ1v) is 6.44. The summed E-state index contributed by atoms with van der Waals surface area (Å²) in [4.78, 5) is 11.0. The molecule has 2 heteroatoms. The van der Waals surface area contributed by atoms with Gasteiger partial charge < -0.3 is 4.74 Å². The van der Waals surface area contributed by atoms with Gasteiger partial charge in [-0.25, -0.2) is 0 Å². The first kappa shape index (κ1) is 13.3. The monoisotopic (exact) mass is 254 g/mol. The maximum absolute atomic E-state index is 11.0. The van der Waals surface area contributed by atoms with Gasteiger partial charge in [0, 0.05) is 0 Å². The van der Waals surface area contributed by atoms with Gasteiger partial charge in [-0.05, 0) is 42.2 Å². The molecule has 2 rings (SSSR count). The van der Waals surface area contributed by atoms with Crippen molar-refractivity contribution in [2.45, 2.75) is 26.7 Å². The highest BCUT2D eigenvalue weighted by Gasteiger charge is 2.10. The van der Waals surface area contributed by atoms with Crippen molar-refractivity contribution in [2.75, 3.05) is 0 Å². The minimum atomic E-state index is 0.374. The van der Waals surface area contributed by atoms with Crippen LogP contribution in [0.4, 0.5) is 0 Å². The van der Waals surface area contributed by atoms with Crippen molar-refractivity contribution in [3.8, 4) is 11.5 Å². The zero-order chi connectivity index (χ0) is 13.8. The highest BCUT2D eigenvalue weighted by Crippen LogP contribution is 2.32. The molecule has 2 aromatic rings. The molecule has 0 spiro atoms. The Hall–Kier alpha value is -2.09. The summed E-state index contributed by atoms with van der Waals surface area (Å²) >= 11 is 0. The van der Waals surface area contributed by atoms with E-state index in [9.17, 15) is 4.79 Å². The van der Waals surface area contributed by atoms with E-state index in [0.29, 0.717) is 17.2 Å². The molecular weight excluding hydrogens is 236 g/mol. The minimum absolute atomic E-state index is 0.374. The van der Waals surface area contributed by atoms with Crippen LogP contribution in [0.1, 0.15) is 41.3 Å². The molecule has 0 N–H and O–H groups in total. The van der Waals surface area contributed by atoms with Crippen molar-refractivity contribution in [1.82, 2.24) is 0 Å². The van der Waals surface area contributed by atoms with Gasteiger partial charge >= 0.3 is 0 Å². The van der Waals surface area contributed by atoms with E-state index in [4.69, 9.17) is 4.74 Å². The molecule has 0 heterocycles. The minimum Gasteiger partial charge on any atom is -0.456 e. The number of para-hydroxylation sites is 1. The average Bonchev–Trinajstić information content (AvgIpc) is 2.39. The molecule has 0 bridgehead atoms.